The van der Waals surface area contributed by atoms with Gasteiger partial charge in [0.1, 0.15) is 11.1 Å². The number of amides is 1. The number of hydrazone groups is 1. The summed E-state index contributed by atoms with van der Waals surface area (Å²) in [7, 11) is 0. The highest BCUT2D eigenvalue weighted by atomic mass is 32.1. The summed E-state index contributed by atoms with van der Waals surface area (Å²) in [5, 5.41) is 6.68. The summed E-state index contributed by atoms with van der Waals surface area (Å²) in [6.07, 6.45) is 0. The van der Waals surface area contributed by atoms with Gasteiger partial charge < -0.3 is 9.32 Å². The van der Waals surface area contributed by atoms with Gasteiger partial charge in [-0.3, -0.25) is 4.79 Å². The number of nitrogens with one attached hydrogen (secondary N) is 1. The second kappa shape index (κ2) is 8.18. The number of nitrogens with zero attached hydrogens (tertiary/aromatic N) is 2. The second-order valence-electron chi connectivity index (χ2n) is 5.96. The van der Waals surface area contributed by atoms with Crippen LogP contribution in [-0.2, 0) is 0 Å². The molecule has 3 rings (SSSR count). The lowest BCUT2D eigenvalue weighted by Crippen LogP contribution is -2.25. The highest BCUT2D eigenvalue weighted by Crippen LogP contribution is 2.22. The third-order valence-corrected chi connectivity index (χ3v) is 5.27. The van der Waals surface area contributed by atoms with Crippen molar-refractivity contribution in [3.05, 3.63) is 62.6 Å². The van der Waals surface area contributed by atoms with Crippen LogP contribution in [0, 0.1) is 0 Å². The van der Waals surface area contributed by atoms with E-state index in [9.17, 15) is 9.59 Å². The first kappa shape index (κ1) is 18.8. The largest absolute Gasteiger partial charge is 0.422 e. The summed E-state index contributed by atoms with van der Waals surface area (Å²) in [6.45, 7) is 7.64. The fourth-order valence-corrected chi connectivity index (χ4v) is 3.46. The zero-order valence-corrected chi connectivity index (χ0v) is 16.3. The van der Waals surface area contributed by atoms with Gasteiger partial charge in [0, 0.05) is 35.1 Å². The monoisotopic (exact) mass is 383 g/mol. The average molecular weight is 383 g/mol. The van der Waals surface area contributed by atoms with E-state index in [0.717, 1.165) is 23.7 Å². The molecule has 0 aliphatic rings. The molecule has 0 spiro atoms. The van der Waals surface area contributed by atoms with Crippen LogP contribution >= 0.6 is 11.3 Å². The standard InChI is InChI=1S/C20H21N3O3S/c1-4-23(5-2)15-9-8-14-11-16(20(25)26-17(14)12-15)19(24)22-21-13(3)18-7-6-10-27-18/h6-12H,4-5H2,1-3H3,(H,22,24)/b21-13-. The van der Waals surface area contributed by atoms with Gasteiger partial charge in [-0.25, -0.2) is 10.2 Å². The number of fused-ring (bicyclic) bond motifs is 1. The fraction of sp³-hybridized carbons (Fsp3) is 0.250. The maximum atomic E-state index is 12.4. The Balaban J connectivity index is 1.87. The number of benzene rings is 1. The van der Waals surface area contributed by atoms with Crippen LogP contribution in [0.5, 0.6) is 0 Å². The summed E-state index contributed by atoms with van der Waals surface area (Å²) in [4.78, 5) is 27.8. The molecule has 7 heteroatoms. The number of rotatable bonds is 6. The number of hydrogen-bond donors (Lipinski definition) is 1. The first-order chi connectivity index (χ1) is 13.0. The highest BCUT2D eigenvalue weighted by molar-refractivity contribution is 7.12. The Hall–Kier alpha value is -2.93. The van der Waals surface area contributed by atoms with Crippen molar-refractivity contribution < 1.29 is 9.21 Å². The van der Waals surface area contributed by atoms with Gasteiger partial charge in [-0.15, -0.1) is 11.3 Å². The number of carbonyl (C=O) groups excluding carboxylic acids is 1. The van der Waals surface area contributed by atoms with E-state index in [1.807, 2.05) is 35.7 Å². The molecule has 140 valence electrons. The molecule has 0 radical (unpaired) electrons. The van der Waals surface area contributed by atoms with E-state index in [2.05, 4.69) is 29.3 Å². The zero-order valence-electron chi connectivity index (χ0n) is 15.5. The topological polar surface area (TPSA) is 74.9 Å². The second-order valence-corrected chi connectivity index (χ2v) is 6.91. The molecular weight excluding hydrogens is 362 g/mol. The normalized spacial score (nSPS) is 11.6. The lowest BCUT2D eigenvalue weighted by atomic mass is 10.1. The Bertz CT molecular complexity index is 1030. The first-order valence-corrected chi connectivity index (χ1v) is 9.62. The maximum absolute atomic E-state index is 12.4. The van der Waals surface area contributed by atoms with Gasteiger partial charge >= 0.3 is 5.63 Å². The van der Waals surface area contributed by atoms with Gasteiger partial charge in [0.2, 0.25) is 0 Å². The molecule has 0 unspecified atom stereocenters. The molecule has 0 saturated heterocycles. The van der Waals surface area contributed by atoms with E-state index < -0.39 is 11.5 Å². The molecule has 2 aromatic heterocycles. The van der Waals surface area contributed by atoms with Crippen LogP contribution in [0.25, 0.3) is 11.0 Å². The summed E-state index contributed by atoms with van der Waals surface area (Å²) < 4.78 is 5.38. The minimum atomic E-state index is -0.680. The Kier molecular flexibility index (Phi) is 5.71. The Labute approximate surface area is 161 Å². The molecular formula is C20H21N3O3S. The van der Waals surface area contributed by atoms with Crippen LogP contribution in [0.15, 0.2) is 56.1 Å². The van der Waals surface area contributed by atoms with Crippen molar-refractivity contribution in [2.75, 3.05) is 18.0 Å². The minimum Gasteiger partial charge on any atom is -0.422 e. The van der Waals surface area contributed by atoms with Crippen LogP contribution in [-0.4, -0.2) is 24.7 Å². The number of thiophene rings is 1. The zero-order chi connectivity index (χ0) is 19.4. The molecule has 27 heavy (non-hydrogen) atoms. The first-order valence-electron chi connectivity index (χ1n) is 8.74. The van der Waals surface area contributed by atoms with E-state index in [-0.39, 0.29) is 5.56 Å². The lowest BCUT2D eigenvalue weighted by Gasteiger charge is -2.20. The fourth-order valence-electron chi connectivity index (χ4n) is 2.78. The Morgan fingerprint density at radius 1 is 1.22 bits per heavy atom. The SMILES string of the molecule is CCN(CC)c1ccc2cc(C(=O)N/N=C(/C)c3cccs3)c(=O)oc2c1. The maximum Gasteiger partial charge on any atom is 0.349 e. The van der Waals surface area contributed by atoms with E-state index in [0.29, 0.717) is 16.7 Å². The Morgan fingerprint density at radius 3 is 2.67 bits per heavy atom. The van der Waals surface area contributed by atoms with Crippen molar-refractivity contribution in [3.63, 3.8) is 0 Å². The number of carbonyl (C=O) groups is 1. The highest BCUT2D eigenvalue weighted by Gasteiger charge is 2.14. The minimum absolute atomic E-state index is 0.0687. The molecule has 0 aliphatic carbocycles. The van der Waals surface area contributed by atoms with Gasteiger partial charge in [-0.05, 0) is 50.4 Å². The van der Waals surface area contributed by atoms with Gasteiger partial charge in [0.15, 0.2) is 0 Å². The van der Waals surface area contributed by atoms with Crippen LogP contribution in [0.4, 0.5) is 5.69 Å². The lowest BCUT2D eigenvalue weighted by molar-refractivity contribution is 0.0951. The third-order valence-electron chi connectivity index (χ3n) is 4.30. The van der Waals surface area contributed by atoms with E-state index in [4.69, 9.17) is 4.42 Å². The van der Waals surface area contributed by atoms with Crippen molar-refractivity contribution >= 4 is 39.6 Å². The molecule has 0 atom stereocenters. The van der Waals surface area contributed by atoms with E-state index in [1.54, 1.807) is 13.0 Å². The summed E-state index contributed by atoms with van der Waals surface area (Å²) in [6, 6.07) is 11.0. The molecule has 0 fully saturated rings. The summed E-state index contributed by atoms with van der Waals surface area (Å²) in [5.41, 5.74) is 3.79. The number of anilines is 1. The molecule has 1 N–H and O–H groups in total. The molecule has 6 nitrogen and oxygen atoms in total. The molecule has 1 amide bonds. The smallest absolute Gasteiger partial charge is 0.349 e. The van der Waals surface area contributed by atoms with Crippen LogP contribution < -0.4 is 16.0 Å². The van der Waals surface area contributed by atoms with Crippen LogP contribution in [0.2, 0.25) is 0 Å². The van der Waals surface area contributed by atoms with Crippen molar-refractivity contribution in [1.82, 2.24) is 5.43 Å². The third kappa shape index (κ3) is 4.09. The molecule has 0 saturated carbocycles. The molecule has 0 aliphatic heterocycles. The van der Waals surface area contributed by atoms with Gasteiger partial charge in [0.05, 0.1) is 5.71 Å². The molecule has 2 heterocycles. The van der Waals surface area contributed by atoms with Crippen LogP contribution in [0.3, 0.4) is 0 Å². The van der Waals surface area contributed by atoms with Gasteiger partial charge in [0.25, 0.3) is 5.91 Å². The summed E-state index contributed by atoms with van der Waals surface area (Å²) >= 11 is 1.52. The molecule has 3 aromatic rings. The predicted molar refractivity (Wildman–Crippen MR) is 110 cm³/mol. The molecule has 0 bridgehead atoms. The van der Waals surface area contributed by atoms with Crippen molar-refractivity contribution in [3.8, 4) is 0 Å². The van der Waals surface area contributed by atoms with E-state index >= 15 is 0 Å². The van der Waals surface area contributed by atoms with Crippen LogP contribution in [0.1, 0.15) is 36.0 Å². The van der Waals surface area contributed by atoms with Crippen molar-refractivity contribution in [2.45, 2.75) is 20.8 Å². The van der Waals surface area contributed by atoms with Crippen molar-refractivity contribution in [2.24, 2.45) is 5.10 Å². The van der Waals surface area contributed by atoms with E-state index in [1.165, 1.54) is 11.3 Å². The molecule has 1 aromatic carbocycles. The van der Waals surface area contributed by atoms with Gasteiger partial charge in [-0.1, -0.05) is 6.07 Å². The number of hydrogen-bond acceptors (Lipinski definition) is 6. The predicted octanol–water partition coefficient (Wildman–Crippen LogP) is 3.85. The summed E-state index contributed by atoms with van der Waals surface area (Å²) in [5.74, 6) is -0.589. The van der Waals surface area contributed by atoms with Crippen molar-refractivity contribution in [1.29, 1.82) is 0 Å². The Morgan fingerprint density at radius 2 is 2.00 bits per heavy atom. The average Bonchev–Trinajstić information content (AvgIpc) is 3.21. The van der Waals surface area contributed by atoms with Gasteiger partial charge in [-0.2, -0.15) is 5.10 Å². The quantitative estimate of drug-likeness (QED) is 0.398.